The fourth-order valence-electron chi connectivity index (χ4n) is 1.14. The molecule has 1 fully saturated rings. The van der Waals surface area contributed by atoms with Gasteiger partial charge in [-0.2, -0.15) is 0 Å². The molecule has 0 saturated carbocycles. The molecule has 0 aliphatic carbocycles. The number of rotatable bonds is 2. The fraction of sp³-hybridized carbons (Fsp3) is 0.200. The van der Waals surface area contributed by atoms with Crippen LogP contribution in [0.15, 0.2) is 43.9 Å². The molecule has 0 bridgehead atoms. The summed E-state index contributed by atoms with van der Waals surface area (Å²) in [7, 11) is -3.25. The molecular formula is C10H9BrO2S2. The Kier molecular flexibility index (Phi) is 2.96. The molecule has 0 radical (unpaired) electrons. The Balaban J connectivity index is 2.34. The predicted octanol–water partition coefficient (Wildman–Crippen LogP) is 3.20. The van der Waals surface area contributed by atoms with Crippen molar-refractivity contribution in [1.82, 2.24) is 0 Å². The van der Waals surface area contributed by atoms with Gasteiger partial charge in [-0.05, 0) is 31.2 Å². The van der Waals surface area contributed by atoms with E-state index in [9.17, 15) is 8.42 Å². The molecule has 1 aromatic carbocycles. The molecule has 0 aromatic heterocycles. The standard InChI is InChI=1S/C10H9BrO2S2/c1-7-10(14-7)6-15(12,13)9-4-2-8(11)3-5-9/h2-7H,1H3/b10-6+. The smallest absolute Gasteiger partial charge is 0.200 e. The molecule has 0 N–H and O–H groups in total. The second-order valence-electron chi connectivity index (χ2n) is 3.28. The Labute approximate surface area is 102 Å². The van der Waals surface area contributed by atoms with Gasteiger partial charge in [0.2, 0.25) is 9.84 Å². The molecule has 0 spiro atoms. The maximum atomic E-state index is 11.8. The Bertz CT molecular complexity index is 503. The van der Waals surface area contributed by atoms with Gasteiger partial charge in [-0.3, -0.25) is 0 Å². The van der Waals surface area contributed by atoms with Crippen LogP contribution < -0.4 is 0 Å². The van der Waals surface area contributed by atoms with E-state index in [1.165, 1.54) is 5.41 Å². The van der Waals surface area contributed by atoms with E-state index in [0.29, 0.717) is 10.1 Å². The zero-order valence-corrected chi connectivity index (χ0v) is 11.2. The fourth-order valence-corrected chi connectivity index (χ4v) is 3.66. The second-order valence-corrected chi connectivity index (χ2v) is 7.41. The van der Waals surface area contributed by atoms with Gasteiger partial charge in [0.05, 0.1) is 4.90 Å². The summed E-state index contributed by atoms with van der Waals surface area (Å²) in [4.78, 5) is 1.29. The van der Waals surface area contributed by atoms with Gasteiger partial charge in [-0.1, -0.05) is 15.9 Å². The van der Waals surface area contributed by atoms with Gasteiger partial charge in [-0.25, -0.2) is 8.42 Å². The molecule has 5 heteroatoms. The lowest BCUT2D eigenvalue weighted by Gasteiger charge is -1.98. The third kappa shape index (κ3) is 2.65. The molecule has 1 atom stereocenters. The van der Waals surface area contributed by atoms with Crippen molar-refractivity contribution in [3.05, 3.63) is 39.1 Å². The summed E-state index contributed by atoms with van der Waals surface area (Å²) in [6, 6.07) is 6.67. The highest BCUT2D eigenvalue weighted by molar-refractivity contribution is 9.10. The highest BCUT2D eigenvalue weighted by Gasteiger charge is 2.28. The Morgan fingerprint density at radius 1 is 1.33 bits per heavy atom. The topological polar surface area (TPSA) is 34.1 Å². The van der Waals surface area contributed by atoms with Crippen LogP contribution in [0.5, 0.6) is 0 Å². The average molecular weight is 305 g/mol. The molecule has 1 aromatic rings. The first-order chi connectivity index (χ1) is 6.99. The number of halogens is 1. The average Bonchev–Trinajstić information content (AvgIpc) is 2.81. The minimum absolute atomic E-state index is 0.345. The molecule has 1 unspecified atom stereocenters. The van der Waals surface area contributed by atoms with Gasteiger partial charge in [-0.15, -0.1) is 11.8 Å². The molecule has 80 valence electrons. The lowest BCUT2D eigenvalue weighted by Crippen LogP contribution is -1.95. The van der Waals surface area contributed by atoms with Crippen LogP contribution in [0.1, 0.15) is 6.92 Å². The third-order valence-electron chi connectivity index (χ3n) is 2.07. The molecule has 1 heterocycles. The number of benzene rings is 1. The van der Waals surface area contributed by atoms with Crippen LogP contribution in [-0.2, 0) is 9.84 Å². The van der Waals surface area contributed by atoms with E-state index in [1.807, 2.05) is 6.92 Å². The first-order valence-corrected chi connectivity index (χ1v) is 7.60. The van der Waals surface area contributed by atoms with Gasteiger partial charge in [0, 0.05) is 20.0 Å². The van der Waals surface area contributed by atoms with E-state index < -0.39 is 9.84 Å². The van der Waals surface area contributed by atoms with Crippen molar-refractivity contribution < 1.29 is 8.42 Å². The van der Waals surface area contributed by atoms with Gasteiger partial charge in [0.25, 0.3) is 0 Å². The minimum atomic E-state index is -3.25. The van der Waals surface area contributed by atoms with Crippen LogP contribution in [0.25, 0.3) is 0 Å². The molecule has 15 heavy (non-hydrogen) atoms. The second kappa shape index (κ2) is 3.96. The van der Waals surface area contributed by atoms with Gasteiger partial charge >= 0.3 is 0 Å². The van der Waals surface area contributed by atoms with Crippen LogP contribution >= 0.6 is 27.7 Å². The first-order valence-electron chi connectivity index (χ1n) is 4.38. The van der Waals surface area contributed by atoms with E-state index in [0.717, 1.165) is 9.38 Å². The van der Waals surface area contributed by atoms with Crippen molar-refractivity contribution in [2.45, 2.75) is 17.1 Å². The number of hydrogen-bond acceptors (Lipinski definition) is 3. The SMILES string of the molecule is CC1S/C1=C/S(=O)(=O)c1ccc(Br)cc1. The maximum Gasteiger partial charge on any atom is 0.200 e. The van der Waals surface area contributed by atoms with E-state index in [-0.39, 0.29) is 0 Å². The van der Waals surface area contributed by atoms with Crippen molar-refractivity contribution in [1.29, 1.82) is 0 Å². The highest BCUT2D eigenvalue weighted by Crippen LogP contribution is 2.46. The lowest BCUT2D eigenvalue weighted by molar-refractivity contribution is 0.604. The lowest BCUT2D eigenvalue weighted by atomic mass is 10.4. The molecule has 1 aliphatic heterocycles. The summed E-state index contributed by atoms with van der Waals surface area (Å²) in [6.07, 6.45) is 0. The van der Waals surface area contributed by atoms with Crippen LogP contribution in [0.4, 0.5) is 0 Å². The van der Waals surface area contributed by atoms with E-state index in [2.05, 4.69) is 15.9 Å². The third-order valence-corrected chi connectivity index (χ3v) is 5.34. The van der Waals surface area contributed by atoms with E-state index >= 15 is 0 Å². The molecule has 2 rings (SSSR count). The quantitative estimate of drug-likeness (QED) is 0.787. The summed E-state index contributed by atoms with van der Waals surface area (Å²) in [6.45, 7) is 1.99. The van der Waals surface area contributed by atoms with Crippen LogP contribution in [-0.4, -0.2) is 13.7 Å². The zero-order valence-electron chi connectivity index (χ0n) is 7.98. The summed E-state index contributed by atoms with van der Waals surface area (Å²) in [5, 5.41) is 1.72. The number of thioether (sulfide) groups is 1. The molecule has 2 nitrogen and oxygen atoms in total. The minimum Gasteiger partial charge on any atom is -0.219 e. The van der Waals surface area contributed by atoms with E-state index in [4.69, 9.17) is 0 Å². The van der Waals surface area contributed by atoms with Crippen molar-refractivity contribution >= 4 is 37.5 Å². The van der Waals surface area contributed by atoms with Gasteiger partial charge < -0.3 is 0 Å². The zero-order chi connectivity index (χ0) is 11.1. The first kappa shape index (κ1) is 11.2. The molecule has 1 aliphatic rings. The van der Waals surface area contributed by atoms with Gasteiger partial charge in [0.15, 0.2) is 0 Å². The van der Waals surface area contributed by atoms with Crippen molar-refractivity contribution in [3.8, 4) is 0 Å². The Morgan fingerprint density at radius 2 is 1.87 bits per heavy atom. The van der Waals surface area contributed by atoms with Crippen LogP contribution in [0.3, 0.4) is 0 Å². The normalized spacial score (nSPS) is 23.1. The maximum absolute atomic E-state index is 11.8. The summed E-state index contributed by atoms with van der Waals surface area (Å²) < 4.78 is 24.5. The Morgan fingerprint density at radius 3 is 2.33 bits per heavy atom. The molecule has 0 amide bonds. The largest absolute Gasteiger partial charge is 0.219 e. The summed E-state index contributed by atoms with van der Waals surface area (Å²) >= 11 is 4.86. The van der Waals surface area contributed by atoms with Crippen molar-refractivity contribution in [2.75, 3.05) is 0 Å². The molecule has 1 saturated heterocycles. The van der Waals surface area contributed by atoms with Gasteiger partial charge in [0.1, 0.15) is 0 Å². The Hall–Kier alpha value is -0.260. The van der Waals surface area contributed by atoms with Crippen LogP contribution in [0, 0.1) is 0 Å². The summed E-state index contributed by atoms with van der Waals surface area (Å²) in [5.41, 5.74) is 0. The van der Waals surface area contributed by atoms with Crippen LogP contribution in [0.2, 0.25) is 0 Å². The number of sulfone groups is 1. The monoisotopic (exact) mass is 304 g/mol. The predicted molar refractivity (Wildman–Crippen MR) is 66.5 cm³/mol. The number of hydrogen-bond donors (Lipinski definition) is 0. The highest BCUT2D eigenvalue weighted by atomic mass is 79.9. The van der Waals surface area contributed by atoms with Crippen molar-refractivity contribution in [3.63, 3.8) is 0 Å². The van der Waals surface area contributed by atoms with Crippen molar-refractivity contribution in [2.24, 2.45) is 0 Å². The summed E-state index contributed by atoms with van der Waals surface area (Å²) in [5.74, 6) is 0. The van der Waals surface area contributed by atoms with E-state index in [1.54, 1.807) is 36.0 Å². The molecular weight excluding hydrogens is 296 g/mol.